The Bertz CT molecular complexity index is 417. The molecular formula is C16H24F3NO. The van der Waals surface area contributed by atoms with Gasteiger partial charge in [0.25, 0.3) is 0 Å². The van der Waals surface area contributed by atoms with Crippen LogP contribution in [-0.4, -0.2) is 17.3 Å². The second-order valence-corrected chi connectivity index (χ2v) is 5.26. The van der Waals surface area contributed by atoms with Crippen LogP contribution in [0.15, 0.2) is 12.1 Å². The van der Waals surface area contributed by atoms with Gasteiger partial charge >= 0.3 is 6.18 Å². The summed E-state index contributed by atoms with van der Waals surface area (Å²) in [6.07, 6.45) is -3.02. The minimum atomic E-state index is -4.07. The number of halogens is 3. The fourth-order valence-corrected chi connectivity index (χ4v) is 2.54. The number of nitrogens with zero attached hydrogens (tertiary/aromatic N) is 1. The Hall–Kier alpha value is -1.26. The molecule has 1 aliphatic carbocycles. The predicted octanol–water partition coefficient (Wildman–Crippen LogP) is 5.22. The van der Waals surface area contributed by atoms with E-state index in [2.05, 4.69) is 4.98 Å². The van der Waals surface area contributed by atoms with E-state index in [1.807, 2.05) is 39.8 Å². The summed E-state index contributed by atoms with van der Waals surface area (Å²) in [7, 11) is 0. The first-order valence-corrected chi connectivity index (χ1v) is 7.53. The van der Waals surface area contributed by atoms with Crippen LogP contribution in [0.4, 0.5) is 13.2 Å². The average Bonchev–Trinajstić information content (AvgIpc) is 2.39. The highest BCUT2D eigenvalue weighted by molar-refractivity contribution is 5.23. The number of alkyl halides is 3. The van der Waals surface area contributed by atoms with Crippen LogP contribution in [0.1, 0.15) is 50.8 Å². The van der Waals surface area contributed by atoms with Gasteiger partial charge in [0.15, 0.2) is 0 Å². The maximum atomic E-state index is 12.5. The molecular weight excluding hydrogens is 279 g/mol. The summed E-state index contributed by atoms with van der Waals surface area (Å²) in [5, 5.41) is 0. The van der Waals surface area contributed by atoms with Crippen LogP contribution in [0, 0.1) is 19.8 Å². The van der Waals surface area contributed by atoms with Gasteiger partial charge in [0.05, 0.1) is 5.92 Å². The molecule has 0 aromatic carbocycles. The largest absolute Gasteiger partial charge is 0.474 e. The number of rotatable bonds is 2. The zero-order valence-corrected chi connectivity index (χ0v) is 13.1. The van der Waals surface area contributed by atoms with Gasteiger partial charge in [0.1, 0.15) is 6.10 Å². The number of aryl methyl sites for hydroxylation is 2. The Morgan fingerprint density at radius 3 is 2.10 bits per heavy atom. The van der Waals surface area contributed by atoms with Crippen LogP contribution in [0.25, 0.3) is 0 Å². The van der Waals surface area contributed by atoms with Crippen LogP contribution >= 0.6 is 0 Å². The number of hydrogen-bond acceptors (Lipinski definition) is 2. The molecule has 0 unspecified atom stereocenters. The van der Waals surface area contributed by atoms with Crippen molar-refractivity contribution in [2.45, 2.75) is 65.7 Å². The van der Waals surface area contributed by atoms with Gasteiger partial charge in [-0.3, -0.25) is 0 Å². The first-order valence-electron chi connectivity index (χ1n) is 7.53. The van der Waals surface area contributed by atoms with Gasteiger partial charge in [0, 0.05) is 11.8 Å². The van der Waals surface area contributed by atoms with Crippen molar-refractivity contribution in [2.75, 3.05) is 0 Å². The lowest BCUT2D eigenvalue weighted by Gasteiger charge is -2.29. The number of hydrogen-bond donors (Lipinski definition) is 0. The lowest BCUT2D eigenvalue weighted by Crippen LogP contribution is -2.32. The van der Waals surface area contributed by atoms with Gasteiger partial charge in [-0.05, 0) is 51.2 Å². The van der Waals surface area contributed by atoms with E-state index in [1.54, 1.807) is 0 Å². The molecule has 2 nitrogen and oxygen atoms in total. The topological polar surface area (TPSA) is 22.1 Å². The van der Waals surface area contributed by atoms with E-state index in [4.69, 9.17) is 4.74 Å². The van der Waals surface area contributed by atoms with Crippen LogP contribution in [0.5, 0.6) is 5.88 Å². The zero-order chi connectivity index (χ0) is 16.0. The monoisotopic (exact) mass is 303 g/mol. The molecule has 21 heavy (non-hydrogen) atoms. The van der Waals surface area contributed by atoms with Gasteiger partial charge in [-0.2, -0.15) is 13.2 Å². The number of ether oxygens (including phenoxy) is 1. The van der Waals surface area contributed by atoms with Gasteiger partial charge < -0.3 is 4.74 Å². The molecule has 0 N–H and O–H groups in total. The van der Waals surface area contributed by atoms with E-state index < -0.39 is 12.1 Å². The van der Waals surface area contributed by atoms with Crippen LogP contribution in [-0.2, 0) is 0 Å². The molecule has 1 saturated carbocycles. The molecule has 1 aliphatic rings. The number of pyridine rings is 1. The van der Waals surface area contributed by atoms with E-state index in [0.29, 0.717) is 18.7 Å². The van der Waals surface area contributed by atoms with Gasteiger partial charge in [-0.1, -0.05) is 13.8 Å². The molecule has 0 spiro atoms. The molecule has 0 atom stereocenters. The Kier molecular flexibility index (Phi) is 6.49. The summed E-state index contributed by atoms with van der Waals surface area (Å²) in [6, 6.07) is 3.76. The van der Waals surface area contributed by atoms with Crippen molar-refractivity contribution in [2.24, 2.45) is 5.92 Å². The molecule has 0 saturated heterocycles. The van der Waals surface area contributed by atoms with Gasteiger partial charge in [0.2, 0.25) is 5.88 Å². The molecule has 1 aromatic heterocycles. The third kappa shape index (κ3) is 5.56. The fraction of sp³-hybridized carbons (Fsp3) is 0.688. The fourth-order valence-electron chi connectivity index (χ4n) is 2.54. The van der Waals surface area contributed by atoms with Crippen molar-refractivity contribution in [1.82, 2.24) is 4.98 Å². The summed E-state index contributed by atoms with van der Waals surface area (Å²) < 4.78 is 43.3. The first kappa shape index (κ1) is 17.8. The van der Waals surface area contributed by atoms with E-state index in [-0.39, 0.29) is 18.9 Å². The maximum Gasteiger partial charge on any atom is 0.391 e. The highest BCUT2D eigenvalue weighted by atomic mass is 19.4. The molecule has 120 valence electrons. The summed E-state index contributed by atoms with van der Waals surface area (Å²) in [5.74, 6) is -0.646. The lowest BCUT2D eigenvalue weighted by atomic mass is 9.87. The van der Waals surface area contributed by atoms with Crippen molar-refractivity contribution in [3.63, 3.8) is 0 Å². The second-order valence-electron chi connectivity index (χ2n) is 5.26. The summed E-state index contributed by atoms with van der Waals surface area (Å²) in [5.41, 5.74) is 1.91. The Morgan fingerprint density at radius 1 is 1.05 bits per heavy atom. The molecule has 2 rings (SSSR count). The minimum absolute atomic E-state index is 0.146. The normalized spacial score (nSPS) is 22.2. The maximum absolute atomic E-state index is 12.5. The van der Waals surface area contributed by atoms with Crippen molar-refractivity contribution < 1.29 is 17.9 Å². The molecule has 0 aliphatic heterocycles. The van der Waals surface area contributed by atoms with Crippen molar-refractivity contribution in [3.8, 4) is 5.88 Å². The average molecular weight is 303 g/mol. The Labute approximate surface area is 124 Å². The first-order chi connectivity index (χ1) is 9.84. The summed E-state index contributed by atoms with van der Waals surface area (Å²) in [6.45, 7) is 7.82. The molecule has 1 heterocycles. The van der Waals surface area contributed by atoms with Crippen molar-refractivity contribution in [3.05, 3.63) is 23.4 Å². The van der Waals surface area contributed by atoms with E-state index in [1.165, 1.54) is 0 Å². The van der Waals surface area contributed by atoms with Crippen LogP contribution < -0.4 is 4.74 Å². The number of aromatic nitrogens is 1. The predicted molar refractivity (Wildman–Crippen MR) is 77.5 cm³/mol. The smallest absolute Gasteiger partial charge is 0.391 e. The Balaban J connectivity index is 0.00000106. The van der Waals surface area contributed by atoms with Crippen LogP contribution in [0.2, 0.25) is 0 Å². The third-order valence-electron chi connectivity index (χ3n) is 3.50. The van der Waals surface area contributed by atoms with E-state index in [0.717, 1.165) is 11.3 Å². The van der Waals surface area contributed by atoms with E-state index >= 15 is 0 Å². The quantitative estimate of drug-likeness (QED) is 0.747. The van der Waals surface area contributed by atoms with Crippen LogP contribution in [0.3, 0.4) is 0 Å². The van der Waals surface area contributed by atoms with Gasteiger partial charge in [-0.25, -0.2) is 4.98 Å². The molecule has 0 amide bonds. The highest BCUT2D eigenvalue weighted by Crippen LogP contribution is 2.38. The van der Waals surface area contributed by atoms with E-state index in [9.17, 15) is 13.2 Å². The molecule has 5 heteroatoms. The van der Waals surface area contributed by atoms with Crippen molar-refractivity contribution >= 4 is 0 Å². The highest BCUT2D eigenvalue weighted by Gasteiger charge is 2.41. The molecule has 0 radical (unpaired) electrons. The SMILES string of the molecule is CC.Cc1cc(C)nc(OC2CCC(C(F)(F)F)CC2)c1. The third-order valence-corrected chi connectivity index (χ3v) is 3.50. The second kappa shape index (κ2) is 7.66. The molecule has 0 bridgehead atoms. The summed E-state index contributed by atoms with van der Waals surface area (Å²) in [4.78, 5) is 4.25. The summed E-state index contributed by atoms with van der Waals surface area (Å²) >= 11 is 0. The minimum Gasteiger partial charge on any atom is -0.474 e. The lowest BCUT2D eigenvalue weighted by molar-refractivity contribution is -0.185. The Morgan fingerprint density at radius 2 is 1.62 bits per heavy atom. The molecule has 1 aromatic rings. The molecule has 1 fully saturated rings. The zero-order valence-electron chi connectivity index (χ0n) is 13.1. The standard InChI is InChI=1S/C14H18F3NO.C2H6/c1-9-7-10(2)18-13(8-9)19-12-5-3-11(4-6-12)14(15,16)17;1-2/h7-8,11-12H,3-6H2,1-2H3;1-2H3. The van der Waals surface area contributed by atoms with Gasteiger partial charge in [-0.15, -0.1) is 0 Å². The van der Waals surface area contributed by atoms with Crippen molar-refractivity contribution in [1.29, 1.82) is 0 Å².